The molecule has 0 radical (unpaired) electrons. The molecule has 2 nitrogen and oxygen atoms in total. The second-order valence-corrected chi connectivity index (χ2v) is 8.55. The number of rotatable bonds is 2. The highest BCUT2D eigenvalue weighted by Gasteiger charge is 2.64. The second-order valence-electron chi connectivity index (χ2n) is 6.47. The van der Waals surface area contributed by atoms with Gasteiger partial charge in [0, 0.05) is 34.2 Å². The molecule has 0 bridgehead atoms. The minimum Gasteiger partial charge on any atom is -0.376 e. The molecule has 2 aromatic carbocycles. The van der Waals surface area contributed by atoms with E-state index in [0.29, 0.717) is 5.25 Å². The zero-order valence-corrected chi connectivity index (χ0v) is 13.8. The van der Waals surface area contributed by atoms with E-state index in [-0.39, 0.29) is 11.1 Å². The first kappa shape index (κ1) is 13.2. The highest BCUT2D eigenvalue weighted by atomic mass is 32.2. The summed E-state index contributed by atoms with van der Waals surface area (Å²) < 4.78 is 0. The lowest BCUT2D eigenvalue weighted by Gasteiger charge is -2.64. The minimum absolute atomic E-state index is 0.0782. The molecule has 3 heterocycles. The van der Waals surface area contributed by atoms with Gasteiger partial charge in [-0.1, -0.05) is 36.4 Å². The van der Waals surface area contributed by atoms with E-state index >= 15 is 0 Å². The molecule has 3 aliphatic heterocycles. The SMILES string of the molecule is c1ccc(NC23CSC2C2(CSC2)Nc2ccccc23)cc1. The van der Waals surface area contributed by atoms with E-state index in [9.17, 15) is 0 Å². The van der Waals surface area contributed by atoms with Crippen molar-refractivity contribution in [2.75, 3.05) is 27.9 Å². The average Bonchev–Trinajstić information content (AvgIpc) is 2.50. The number of hydrogen-bond acceptors (Lipinski definition) is 4. The number of thioether (sulfide) groups is 2. The van der Waals surface area contributed by atoms with E-state index in [1.54, 1.807) is 0 Å². The molecule has 3 aliphatic rings. The highest BCUT2D eigenvalue weighted by molar-refractivity contribution is 8.03. The van der Waals surface area contributed by atoms with Crippen LogP contribution >= 0.6 is 23.5 Å². The normalized spacial score (nSPS) is 30.3. The lowest BCUT2D eigenvalue weighted by molar-refractivity contribution is 0.357. The van der Waals surface area contributed by atoms with Gasteiger partial charge in [-0.2, -0.15) is 23.5 Å². The van der Waals surface area contributed by atoms with E-state index < -0.39 is 0 Å². The molecule has 22 heavy (non-hydrogen) atoms. The van der Waals surface area contributed by atoms with Crippen LogP contribution in [-0.4, -0.2) is 28.0 Å². The van der Waals surface area contributed by atoms with Crippen LogP contribution in [0.25, 0.3) is 0 Å². The van der Waals surface area contributed by atoms with Crippen LogP contribution in [0.3, 0.4) is 0 Å². The third-order valence-corrected chi connectivity index (χ3v) is 8.33. The first-order valence-electron chi connectivity index (χ1n) is 7.73. The quantitative estimate of drug-likeness (QED) is 0.870. The van der Waals surface area contributed by atoms with E-state index in [1.807, 2.05) is 0 Å². The highest BCUT2D eigenvalue weighted by Crippen LogP contribution is 2.61. The van der Waals surface area contributed by atoms with Crippen molar-refractivity contribution >= 4 is 34.9 Å². The summed E-state index contributed by atoms with van der Waals surface area (Å²) in [6, 6.07) is 19.5. The Labute approximate surface area is 139 Å². The molecule has 2 aromatic rings. The van der Waals surface area contributed by atoms with Gasteiger partial charge in [0.05, 0.1) is 16.3 Å². The number of anilines is 2. The predicted octanol–water partition coefficient (Wildman–Crippen LogP) is 4.02. The summed E-state index contributed by atoms with van der Waals surface area (Å²) >= 11 is 4.17. The Morgan fingerprint density at radius 1 is 0.955 bits per heavy atom. The summed E-state index contributed by atoms with van der Waals surface area (Å²) in [7, 11) is 0. The molecule has 2 N–H and O–H groups in total. The molecule has 2 fully saturated rings. The van der Waals surface area contributed by atoms with E-state index in [1.165, 1.54) is 28.4 Å². The summed E-state index contributed by atoms with van der Waals surface area (Å²) in [6.07, 6.45) is 0. The summed E-state index contributed by atoms with van der Waals surface area (Å²) in [5.74, 6) is 3.59. The molecule has 112 valence electrons. The van der Waals surface area contributed by atoms with Crippen LogP contribution in [0.15, 0.2) is 54.6 Å². The van der Waals surface area contributed by atoms with Gasteiger partial charge >= 0.3 is 0 Å². The third kappa shape index (κ3) is 1.65. The number of hydrogen-bond donors (Lipinski definition) is 2. The third-order valence-electron chi connectivity index (χ3n) is 5.08. The van der Waals surface area contributed by atoms with Gasteiger partial charge in [-0.15, -0.1) is 0 Å². The van der Waals surface area contributed by atoms with Gasteiger partial charge < -0.3 is 10.6 Å². The maximum absolute atomic E-state index is 3.90. The topological polar surface area (TPSA) is 24.1 Å². The Kier molecular flexibility index (Phi) is 2.77. The monoisotopic (exact) mass is 326 g/mol. The Hall–Kier alpha value is -1.26. The molecule has 0 amide bonds. The zero-order chi connectivity index (χ0) is 14.6. The molecule has 0 aliphatic carbocycles. The molecule has 0 saturated carbocycles. The number of para-hydroxylation sites is 2. The standard InChI is InChI=1S/C18H18N2S2/c1-2-6-13(7-3-1)19-18-12-22-16(18)17(10-21-11-17)20-15-9-5-4-8-14(15)18/h1-9,16,19-20H,10-12H2. The summed E-state index contributed by atoms with van der Waals surface area (Å²) in [4.78, 5) is 0. The Bertz CT molecular complexity index is 714. The molecule has 1 spiro atoms. The van der Waals surface area contributed by atoms with Crippen molar-refractivity contribution in [1.29, 1.82) is 0 Å². The molecule has 2 atom stereocenters. The largest absolute Gasteiger partial charge is 0.376 e. The van der Waals surface area contributed by atoms with E-state index in [0.717, 1.165) is 5.75 Å². The van der Waals surface area contributed by atoms with Gasteiger partial charge in [-0.3, -0.25) is 0 Å². The van der Waals surface area contributed by atoms with Crippen molar-refractivity contribution in [3.63, 3.8) is 0 Å². The van der Waals surface area contributed by atoms with Crippen LogP contribution in [0.1, 0.15) is 5.56 Å². The summed E-state index contributed by atoms with van der Waals surface area (Å²) in [5, 5.41) is 8.38. The maximum atomic E-state index is 3.90. The van der Waals surface area contributed by atoms with Crippen molar-refractivity contribution in [1.82, 2.24) is 0 Å². The summed E-state index contributed by atoms with van der Waals surface area (Å²) in [5.41, 5.74) is 4.33. The van der Waals surface area contributed by atoms with E-state index in [4.69, 9.17) is 0 Å². The summed E-state index contributed by atoms with van der Waals surface area (Å²) in [6.45, 7) is 0. The molecular formula is C18H18N2S2. The van der Waals surface area contributed by atoms with Crippen LogP contribution in [0, 0.1) is 0 Å². The van der Waals surface area contributed by atoms with Crippen LogP contribution in [0.5, 0.6) is 0 Å². The number of nitrogens with one attached hydrogen (secondary N) is 2. The van der Waals surface area contributed by atoms with Gasteiger partial charge in [-0.25, -0.2) is 0 Å². The van der Waals surface area contributed by atoms with Gasteiger partial charge in [0.1, 0.15) is 0 Å². The maximum Gasteiger partial charge on any atom is 0.0877 e. The fourth-order valence-electron chi connectivity index (χ4n) is 3.99. The molecule has 5 rings (SSSR count). The fraction of sp³-hybridized carbons (Fsp3) is 0.333. The molecule has 2 saturated heterocycles. The minimum atomic E-state index is 0.0782. The number of fused-ring (bicyclic) bond motifs is 4. The van der Waals surface area contributed by atoms with Crippen LogP contribution < -0.4 is 10.6 Å². The van der Waals surface area contributed by atoms with E-state index in [2.05, 4.69) is 88.8 Å². The predicted molar refractivity (Wildman–Crippen MR) is 98.1 cm³/mol. The van der Waals surface area contributed by atoms with Crippen molar-refractivity contribution in [2.24, 2.45) is 0 Å². The second kappa shape index (κ2) is 4.62. The van der Waals surface area contributed by atoms with Crippen molar-refractivity contribution in [2.45, 2.75) is 16.3 Å². The Balaban J connectivity index is 1.63. The van der Waals surface area contributed by atoms with Gasteiger partial charge in [0.15, 0.2) is 0 Å². The Morgan fingerprint density at radius 3 is 2.41 bits per heavy atom. The number of benzene rings is 2. The molecule has 4 heteroatoms. The van der Waals surface area contributed by atoms with Crippen LogP contribution in [-0.2, 0) is 5.54 Å². The lowest BCUT2D eigenvalue weighted by Crippen LogP contribution is -2.74. The molecule has 0 aromatic heterocycles. The Morgan fingerprint density at radius 2 is 1.73 bits per heavy atom. The van der Waals surface area contributed by atoms with Gasteiger partial charge in [0.25, 0.3) is 0 Å². The average molecular weight is 326 g/mol. The van der Waals surface area contributed by atoms with Crippen LogP contribution in [0.2, 0.25) is 0 Å². The van der Waals surface area contributed by atoms with Gasteiger partial charge in [0.2, 0.25) is 0 Å². The van der Waals surface area contributed by atoms with Gasteiger partial charge in [-0.05, 0) is 18.2 Å². The fourth-order valence-corrected chi connectivity index (χ4v) is 6.95. The van der Waals surface area contributed by atoms with Crippen molar-refractivity contribution in [3.05, 3.63) is 60.2 Å². The van der Waals surface area contributed by atoms with Crippen LogP contribution in [0.4, 0.5) is 11.4 Å². The van der Waals surface area contributed by atoms with Crippen molar-refractivity contribution in [3.8, 4) is 0 Å². The lowest BCUT2D eigenvalue weighted by atomic mass is 9.73. The smallest absolute Gasteiger partial charge is 0.0877 e. The first-order chi connectivity index (χ1) is 10.8. The molecule has 2 unspecified atom stereocenters. The first-order valence-corrected chi connectivity index (χ1v) is 9.93. The molecular weight excluding hydrogens is 308 g/mol. The zero-order valence-electron chi connectivity index (χ0n) is 12.2. The van der Waals surface area contributed by atoms with Crippen molar-refractivity contribution < 1.29 is 0 Å².